The molecule has 0 amide bonds. The largest absolute Gasteiger partial charge is 2.00 e. The van der Waals surface area contributed by atoms with Gasteiger partial charge in [0, 0.05) is 7.05 Å². The Labute approximate surface area is 134 Å². The molecule has 0 spiro atoms. The van der Waals surface area contributed by atoms with E-state index in [2.05, 4.69) is 16.7 Å². The average Bonchev–Trinajstić information content (AvgIpc) is 3.15. The van der Waals surface area contributed by atoms with E-state index in [0.717, 1.165) is 17.4 Å². The van der Waals surface area contributed by atoms with Gasteiger partial charge in [0.25, 0.3) is 0 Å². The van der Waals surface area contributed by atoms with Crippen LogP contribution < -0.4 is 10.6 Å². The van der Waals surface area contributed by atoms with Crippen LogP contribution in [-0.2, 0) is 17.1 Å². The summed E-state index contributed by atoms with van der Waals surface area (Å²) in [7, 11) is 1.92. The third-order valence-electron chi connectivity index (χ3n) is 2.69. The smallest absolute Gasteiger partial charge is 0.386 e. The molecule has 0 heterocycles. The van der Waals surface area contributed by atoms with Gasteiger partial charge in [-0.2, -0.15) is 0 Å². The second-order valence-electron chi connectivity index (χ2n) is 4.06. The molecule has 0 atom stereocenters. The first kappa shape index (κ1) is 17.4. The Morgan fingerprint density at radius 3 is 1.70 bits per heavy atom. The molecule has 0 aliphatic heterocycles. The van der Waals surface area contributed by atoms with Crippen LogP contribution in [0.25, 0.3) is 0 Å². The molecule has 2 N–H and O–H groups in total. The zero-order chi connectivity index (χ0) is 13.3. The van der Waals surface area contributed by atoms with Crippen LogP contribution in [0.2, 0.25) is 0 Å². The van der Waals surface area contributed by atoms with Crippen molar-refractivity contribution in [3.8, 4) is 0 Å². The van der Waals surface area contributed by atoms with Crippen molar-refractivity contribution in [3.05, 3.63) is 88.1 Å². The maximum Gasteiger partial charge on any atom is 2.00 e. The van der Waals surface area contributed by atoms with Crippen molar-refractivity contribution < 1.29 is 17.1 Å². The van der Waals surface area contributed by atoms with Crippen LogP contribution >= 0.6 is 0 Å². The molecule has 2 saturated carbocycles. The van der Waals surface area contributed by atoms with Crippen molar-refractivity contribution in [2.45, 2.75) is 0 Å². The maximum atomic E-state index is 3.34. The van der Waals surface area contributed by atoms with Crippen molar-refractivity contribution in [3.63, 3.8) is 0 Å². The van der Waals surface area contributed by atoms with Gasteiger partial charge in [-0.25, -0.2) is 0 Å². The molecule has 0 unspecified atom stereocenters. The van der Waals surface area contributed by atoms with E-state index in [-0.39, 0.29) is 17.1 Å². The summed E-state index contributed by atoms with van der Waals surface area (Å²) in [6, 6.07) is 9.26. The van der Waals surface area contributed by atoms with Crippen LogP contribution in [0.5, 0.6) is 0 Å². The minimum atomic E-state index is 0. The number of anilines is 2. The van der Waals surface area contributed by atoms with Gasteiger partial charge in [-0.15, -0.1) is 0 Å². The number of nitrogens with one attached hydrogen (secondary N) is 2. The summed E-state index contributed by atoms with van der Waals surface area (Å²) in [5, 5.41) is 6.49. The second-order valence-corrected chi connectivity index (χ2v) is 4.06. The molecule has 3 rings (SSSR count). The van der Waals surface area contributed by atoms with Crippen molar-refractivity contribution in [1.29, 1.82) is 0 Å². The van der Waals surface area contributed by atoms with Gasteiger partial charge in [0.05, 0.1) is 17.4 Å². The van der Waals surface area contributed by atoms with Gasteiger partial charge in [0.2, 0.25) is 0 Å². The van der Waals surface area contributed by atoms with E-state index < -0.39 is 0 Å². The summed E-state index contributed by atoms with van der Waals surface area (Å²) < 4.78 is 0. The zero-order valence-electron chi connectivity index (χ0n) is 11.4. The molecule has 1 aromatic rings. The Bertz CT molecular complexity index is 350. The predicted molar refractivity (Wildman–Crippen MR) is 81.6 cm³/mol. The first-order valence-electron chi connectivity index (χ1n) is 6.32. The number of para-hydroxylation sites is 2. The number of hydrogen-bond acceptors (Lipinski definition) is 2. The van der Waals surface area contributed by atoms with Crippen molar-refractivity contribution >= 4 is 11.4 Å². The summed E-state index contributed by atoms with van der Waals surface area (Å²) in [5.74, 6) is 0. The van der Waals surface area contributed by atoms with E-state index in [1.54, 1.807) is 0 Å². The van der Waals surface area contributed by atoms with Gasteiger partial charge in [0.1, 0.15) is 0 Å². The van der Waals surface area contributed by atoms with E-state index in [1.807, 2.05) is 83.0 Å². The summed E-state index contributed by atoms with van der Waals surface area (Å²) >= 11 is 0. The Morgan fingerprint density at radius 1 is 0.700 bits per heavy atom. The molecule has 2 aliphatic rings. The normalized spacial score (nSPS) is 17.9. The van der Waals surface area contributed by atoms with Crippen LogP contribution in [0.3, 0.4) is 0 Å². The first-order valence-corrected chi connectivity index (χ1v) is 6.32. The summed E-state index contributed by atoms with van der Waals surface area (Å²) in [6.45, 7) is 0. The molecule has 0 bridgehead atoms. The molecule has 0 saturated heterocycles. The van der Waals surface area contributed by atoms with Gasteiger partial charge in [-0.3, -0.25) is 0 Å². The standard InChI is InChI=1S/C12H13N2.C5H5.Fe/c1-13-11-8-4-5-9-12(11)14-10-6-2-3-7-10;1-2-4-5-3-1;/h2-9,13-14H,1H3;1-5H;/q;;+2. The molecular weight excluding hydrogens is 288 g/mol. The average molecular weight is 306 g/mol. The topological polar surface area (TPSA) is 24.1 Å². The van der Waals surface area contributed by atoms with E-state index in [9.17, 15) is 0 Å². The Balaban J connectivity index is 0.000000283. The molecule has 0 aromatic heterocycles. The SMILES string of the molecule is CNc1ccccc1N[C]1[CH][CH][CH][CH]1.[CH]1[CH][CH][CH][CH]1.[Fe+2]. The third-order valence-corrected chi connectivity index (χ3v) is 2.69. The van der Waals surface area contributed by atoms with Crippen LogP contribution in [-0.4, -0.2) is 7.05 Å². The van der Waals surface area contributed by atoms with Crippen LogP contribution in [0.4, 0.5) is 11.4 Å². The predicted octanol–water partition coefficient (Wildman–Crippen LogP) is 3.52. The van der Waals surface area contributed by atoms with Gasteiger partial charge in [0.15, 0.2) is 0 Å². The summed E-state index contributed by atoms with van der Waals surface area (Å²) in [6.07, 6.45) is 18.1. The van der Waals surface area contributed by atoms with Crippen LogP contribution in [0.15, 0.2) is 24.3 Å². The fourth-order valence-electron chi connectivity index (χ4n) is 1.74. The number of rotatable bonds is 3. The van der Waals surface area contributed by atoms with Crippen LogP contribution in [0, 0.1) is 63.8 Å². The quantitative estimate of drug-likeness (QED) is 0.835. The molecule has 2 fully saturated rings. The van der Waals surface area contributed by atoms with Gasteiger partial charge in [-0.1, -0.05) is 12.1 Å². The molecule has 2 aliphatic carbocycles. The number of benzene rings is 1. The first-order chi connectivity index (χ1) is 9.40. The molecule has 3 heteroatoms. The molecular formula is C17H18FeN2+2. The summed E-state index contributed by atoms with van der Waals surface area (Å²) in [4.78, 5) is 0. The Hall–Kier alpha value is -0.661. The molecule has 2 nitrogen and oxygen atoms in total. The molecule has 20 heavy (non-hydrogen) atoms. The molecule has 1 aromatic carbocycles. The van der Waals surface area contributed by atoms with Gasteiger partial charge >= 0.3 is 17.1 Å². The zero-order valence-corrected chi connectivity index (χ0v) is 12.5. The van der Waals surface area contributed by atoms with Gasteiger partial charge in [-0.05, 0) is 69.9 Å². The third kappa shape index (κ3) is 5.76. The monoisotopic (exact) mass is 306 g/mol. The second kappa shape index (κ2) is 10.1. The van der Waals surface area contributed by atoms with Crippen molar-refractivity contribution in [2.24, 2.45) is 0 Å². The number of hydrogen-bond donors (Lipinski definition) is 2. The fraction of sp³-hybridized carbons (Fsp3) is 0.0588. The molecule has 10 radical (unpaired) electrons. The molecule has 102 valence electrons. The van der Waals surface area contributed by atoms with Crippen LogP contribution in [0.1, 0.15) is 0 Å². The van der Waals surface area contributed by atoms with Gasteiger partial charge < -0.3 is 10.6 Å². The van der Waals surface area contributed by atoms with E-state index in [4.69, 9.17) is 0 Å². The minimum Gasteiger partial charge on any atom is -0.386 e. The van der Waals surface area contributed by atoms with Crippen molar-refractivity contribution in [2.75, 3.05) is 17.7 Å². The minimum absolute atomic E-state index is 0. The maximum absolute atomic E-state index is 3.34. The van der Waals surface area contributed by atoms with E-state index in [1.165, 1.54) is 0 Å². The van der Waals surface area contributed by atoms with E-state index in [0.29, 0.717) is 0 Å². The Kier molecular flexibility index (Phi) is 8.80. The van der Waals surface area contributed by atoms with Crippen molar-refractivity contribution in [1.82, 2.24) is 0 Å². The summed E-state index contributed by atoms with van der Waals surface area (Å²) in [5.41, 5.74) is 2.20. The van der Waals surface area contributed by atoms with E-state index >= 15 is 0 Å². The Morgan fingerprint density at radius 2 is 1.20 bits per heavy atom. The fourth-order valence-corrected chi connectivity index (χ4v) is 1.74.